The molecule has 0 rings (SSSR count). The summed E-state index contributed by atoms with van der Waals surface area (Å²) in [5.41, 5.74) is 0. The number of hydrogen-bond donors (Lipinski definition) is 0. The predicted octanol–water partition coefficient (Wildman–Crippen LogP) is 2.76. The van der Waals surface area contributed by atoms with Gasteiger partial charge in [-0.05, 0) is 0 Å². The van der Waals surface area contributed by atoms with E-state index in [-0.39, 0.29) is 5.48 Å². The van der Waals surface area contributed by atoms with E-state index in [1.807, 2.05) is 0 Å². The topological polar surface area (TPSA) is 48.6 Å². The summed E-state index contributed by atoms with van der Waals surface area (Å²) in [6, 6.07) is 0. The zero-order valence-electron chi connectivity index (χ0n) is 8.44. The van der Waals surface area contributed by atoms with Crippen LogP contribution in [0.5, 0.6) is 0 Å². The van der Waals surface area contributed by atoms with Crippen molar-refractivity contribution in [2.75, 3.05) is 0 Å². The maximum atomic E-state index is 12.3. The minimum atomic E-state index is -7.61. The molecule has 0 aliphatic carbocycles. The quantitative estimate of drug-likeness (QED) is 0.732. The van der Waals surface area contributed by atoms with Crippen LogP contribution in [0.25, 0.3) is 0 Å². The standard InChI is InChI=1S/C6F12O.H2O/c7-2(8,1(19)3(9,10)11)4(12,13)5(14,15)6(16,17)18;/h;1H2. The molecule has 20 heavy (non-hydrogen) atoms. The average molecular weight is 334 g/mol. The number of alkyl halides is 12. The summed E-state index contributed by atoms with van der Waals surface area (Å²) in [5, 5.41) is 0. The van der Waals surface area contributed by atoms with Crippen LogP contribution in [0.15, 0.2) is 0 Å². The van der Waals surface area contributed by atoms with Gasteiger partial charge in [0.2, 0.25) is 0 Å². The van der Waals surface area contributed by atoms with Crippen molar-refractivity contribution in [3.63, 3.8) is 0 Å². The summed E-state index contributed by atoms with van der Waals surface area (Å²) in [6.07, 6.45) is -14.0. The predicted molar refractivity (Wildman–Crippen MR) is 35.6 cm³/mol. The van der Waals surface area contributed by atoms with Crippen LogP contribution in [0.1, 0.15) is 0 Å². The van der Waals surface area contributed by atoms with E-state index in [0.717, 1.165) is 0 Å². The molecule has 2 N–H and O–H groups in total. The molecule has 0 aromatic carbocycles. The van der Waals surface area contributed by atoms with Crippen LogP contribution in [-0.4, -0.2) is 41.4 Å². The Hall–Kier alpha value is -1.21. The summed E-state index contributed by atoms with van der Waals surface area (Å²) < 4.78 is 142. The van der Waals surface area contributed by atoms with Crippen LogP contribution in [0.3, 0.4) is 0 Å². The molecule has 0 fully saturated rings. The first kappa shape index (κ1) is 21.1. The van der Waals surface area contributed by atoms with Crippen molar-refractivity contribution in [2.24, 2.45) is 0 Å². The van der Waals surface area contributed by atoms with E-state index in [0.29, 0.717) is 0 Å². The molecular weight excluding hydrogens is 332 g/mol. The summed E-state index contributed by atoms with van der Waals surface area (Å²) in [7, 11) is 0. The maximum Gasteiger partial charge on any atom is 0.460 e. The Balaban J connectivity index is 0. The smallest absolute Gasteiger partial charge is 0.412 e. The monoisotopic (exact) mass is 334 g/mol. The fourth-order valence-corrected chi connectivity index (χ4v) is 0.696. The lowest BCUT2D eigenvalue weighted by molar-refractivity contribution is -0.390. The lowest BCUT2D eigenvalue weighted by Crippen LogP contribution is -2.65. The van der Waals surface area contributed by atoms with Gasteiger partial charge in [-0.2, -0.15) is 52.7 Å². The van der Waals surface area contributed by atoms with Gasteiger partial charge in [0.25, 0.3) is 0 Å². The van der Waals surface area contributed by atoms with Gasteiger partial charge < -0.3 is 5.48 Å². The fourth-order valence-electron chi connectivity index (χ4n) is 0.696. The third-order valence-electron chi connectivity index (χ3n) is 1.69. The van der Waals surface area contributed by atoms with Crippen LogP contribution >= 0.6 is 0 Å². The van der Waals surface area contributed by atoms with Crippen LogP contribution in [-0.2, 0) is 4.79 Å². The molecule has 122 valence electrons. The highest BCUT2D eigenvalue weighted by Gasteiger charge is 2.85. The molecule has 0 aromatic rings. The second kappa shape index (κ2) is 4.96. The van der Waals surface area contributed by atoms with Gasteiger partial charge in [-0.15, -0.1) is 0 Å². The van der Waals surface area contributed by atoms with E-state index in [1.165, 1.54) is 0 Å². The highest BCUT2D eigenvalue weighted by Crippen LogP contribution is 2.54. The summed E-state index contributed by atoms with van der Waals surface area (Å²) in [6.45, 7) is 0. The first-order valence-corrected chi connectivity index (χ1v) is 3.72. The van der Waals surface area contributed by atoms with Gasteiger partial charge in [-0.25, -0.2) is 0 Å². The van der Waals surface area contributed by atoms with E-state index in [4.69, 9.17) is 0 Å². The maximum absolute atomic E-state index is 12.3. The van der Waals surface area contributed by atoms with Crippen molar-refractivity contribution in [3.05, 3.63) is 0 Å². The molecule has 0 bridgehead atoms. The lowest BCUT2D eigenvalue weighted by Gasteiger charge is -2.32. The van der Waals surface area contributed by atoms with Crippen molar-refractivity contribution < 1.29 is 63.0 Å². The van der Waals surface area contributed by atoms with E-state index in [9.17, 15) is 57.5 Å². The molecule has 0 heterocycles. The van der Waals surface area contributed by atoms with Gasteiger partial charge >= 0.3 is 35.9 Å². The first-order valence-electron chi connectivity index (χ1n) is 3.72. The van der Waals surface area contributed by atoms with Gasteiger partial charge in [-0.3, -0.25) is 4.79 Å². The van der Waals surface area contributed by atoms with E-state index in [2.05, 4.69) is 0 Å². The average Bonchev–Trinajstić information content (AvgIpc) is 2.12. The van der Waals surface area contributed by atoms with Gasteiger partial charge in [0.15, 0.2) is 0 Å². The molecule has 0 saturated carbocycles. The largest absolute Gasteiger partial charge is 0.460 e. The van der Waals surface area contributed by atoms with Crippen molar-refractivity contribution in [1.29, 1.82) is 0 Å². The highest BCUT2D eigenvalue weighted by atomic mass is 19.4. The third-order valence-corrected chi connectivity index (χ3v) is 1.69. The lowest BCUT2D eigenvalue weighted by atomic mass is 10.00. The minimum Gasteiger partial charge on any atom is -0.412 e. The second-order valence-electron chi connectivity index (χ2n) is 3.05. The highest BCUT2D eigenvalue weighted by molar-refractivity contribution is 5.91. The van der Waals surface area contributed by atoms with Crippen molar-refractivity contribution in [3.8, 4) is 0 Å². The second-order valence-corrected chi connectivity index (χ2v) is 3.05. The molecule has 2 nitrogen and oxygen atoms in total. The fraction of sp³-hybridized carbons (Fsp3) is 0.833. The Kier molecular flexibility index (Phi) is 5.23. The van der Waals surface area contributed by atoms with Crippen molar-refractivity contribution in [2.45, 2.75) is 30.1 Å². The Morgan fingerprint density at radius 1 is 0.600 bits per heavy atom. The molecule has 0 aliphatic rings. The molecule has 0 unspecified atom stereocenters. The minimum absolute atomic E-state index is 0. The Morgan fingerprint density at radius 3 is 1.10 bits per heavy atom. The molecule has 14 heteroatoms. The van der Waals surface area contributed by atoms with E-state index < -0.39 is 35.9 Å². The number of Topliss-reactive ketones (excluding diaryl/α,β-unsaturated/α-hetero) is 1. The molecule has 0 spiro atoms. The number of carbonyl (C=O) groups excluding carboxylic acids is 1. The van der Waals surface area contributed by atoms with Gasteiger partial charge in [0.1, 0.15) is 0 Å². The number of carbonyl (C=O) groups is 1. The zero-order valence-corrected chi connectivity index (χ0v) is 8.44. The van der Waals surface area contributed by atoms with Gasteiger partial charge in [0, 0.05) is 0 Å². The van der Waals surface area contributed by atoms with Crippen molar-refractivity contribution >= 4 is 5.78 Å². The van der Waals surface area contributed by atoms with Crippen LogP contribution in [0, 0.1) is 0 Å². The molecule has 0 aliphatic heterocycles. The molecule has 0 radical (unpaired) electrons. The molecule has 0 aromatic heterocycles. The van der Waals surface area contributed by atoms with Crippen LogP contribution < -0.4 is 0 Å². The molecule has 0 atom stereocenters. The Labute approximate surface area is 100 Å². The third kappa shape index (κ3) is 2.93. The Morgan fingerprint density at radius 2 is 0.900 bits per heavy atom. The Bertz CT molecular complexity index is 363. The van der Waals surface area contributed by atoms with Gasteiger partial charge in [-0.1, -0.05) is 0 Å². The van der Waals surface area contributed by atoms with Crippen LogP contribution in [0.2, 0.25) is 0 Å². The summed E-state index contributed by atoms with van der Waals surface area (Å²) >= 11 is 0. The van der Waals surface area contributed by atoms with E-state index in [1.54, 1.807) is 0 Å². The SMILES string of the molecule is O.O=C(C(F)(F)F)C(F)(F)C(F)(F)C(F)(F)C(F)(F)F. The molecule has 0 saturated heterocycles. The first-order chi connectivity index (χ1) is 7.90. The zero-order chi connectivity index (χ0) is 16.1. The van der Waals surface area contributed by atoms with Crippen LogP contribution in [0.4, 0.5) is 52.7 Å². The number of ketones is 1. The normalized spacial score (nSPS) is 14.8. The number of rotatable bonds is 3. The summed E-state index contributed by atoms with van der Waals surface area (Å²) in [4.78, 5) is 9.85. The number of hydrogen-bond acceptors (Lipinski definition) is 1. The molecular formula is C6H2F12O2. The number of halogens is 12. The van der Waals surface area contributed by atoms with Crippen molar-refractivity contribution in [1.82, 2.24) is 0 Å². The van der Waals surface area contributed by atoms with E-state index >= 15 is 0 Å². The van der Waals surface area contributed by atoms with Gasteiger partial charge in [0.05, 0.1) is 0 Å². The summed E-state index contributed by atoms with van der Waals surface area (Å²) in [5.74, 6) is -27.1. The molecule has 0 amide bonds.